The van der Waals surface area contributed by atoms with Gasteiger partial charge in [0.2, 0.25) is 5.13 Å². The maximum atomic E-state index is 12.1. The van der Waals surface area contributed by atoms with Crippen molar-refractivity contribution >= 4 is 22.4 Å². The van der Waals surface area contributed by atoms with Crippen LogP contribution in [-0.4, -0.2) is 22.2 Å². The third-order valence-corrected chi connectivity index (χ3v) is 3.99. The van der Waals surface area contributed by atoms with Crippen molar-refractivity contribution in [3.63, 3.8) is 0 Å². The zero-order valence-corrected chi connectivity index (χ0v) is 13.4. The molecule has 0 saturated heterocycles. The number of ether oxygens (including phenoxy) is 1. The summed E-state index contributed by atoms with van der Waals surface area (Å²) in [6, 6.07) is 9.24. The predicted molar refractivity (Wildman–Crippen MR) is 83.8 cm³/mol. The number of hydrogen-bond acceptors (Lipinski definition) is 5. The quantitative estimate of drug-likeness (QED) is 0.942. The topological polar surface area (TPSA) is 64.1 Å². The van der Waals surface area contributed by atoms with Crippen molar-refractivity contribution in [3.8, 4) is 5.75 Å². The second kappa shape index (κ2) is 6.22. The van der Waals surface area contributed by atoms with Crippen molar-refractivity contribution in [3.05, 3.63) is 35.3 Å². The first-order chi connectivity index (χ1) is 9.86. The largest absolute Gasteiger partial charge is 0.481 e. The van der Waals surface area contributed by atoms with E-state index < -0.39 is 6.10 Å². The SMILES string of the molecule is CC(Oc1ccccc1)C(=O)Nc1nnc(C(C)(C)C)s1. The Morgan fingerprint density at radius 3 is 2.48 bits per heavy atom. The van der Waals surface area contributed by atoms with Gasteiger partial charge >= 0.3 is 0 Å². The number of amides is 1. The normalized spacial score (nSPS) is 12.8. The van der Waals surface area contributed by atoms with Gasteiger partial charge in [-0.2, -0.15) is 0 Å². The number of nitrogens with zero attached hydrogens (tertiary/aromatic N) is 2. The molecule has 2 aromatic rings. The molecule has 0 aliphatic carbocycles. The number of nitrogens with one attached hydrogen (secondary N) is 1. The average molecular weight is 305 g/mol. The first-order valence-corrected chi connectivity index (χ1v) is 7.54. The number of benzene rings is 1. The molecule has 1 heterocycles. The van der Waals surface area contributed by atoms with Crippen LogP contribution in [0, 0.1) is 0 Å². The number of carbonyl (C=O) groups is 1. The minimum absolute atomic E-state index is 0.0766. The van der Waals surface area contributed by atoms with E-state index in [4.69, 9.17) is 4.74 Å². The van der Waals surface area contributed by atoms with Gasteiger partial charge in [0.25, 0.3) is 5.91 Å². The molecule has 1 aromatic heterocycles. The minimum Gasteiger partial charge on any atom is -0.481 e. The van der Waals surface area contributed by atoms with Gasteiger partial charge in [-0.15, -0.1) is 10.2 Å². The van der Waals surface area contributed by atoms with Crippen molar-refractivity contribution < 1.29 is 9.53 Å². The second-order valence-electron chi connectivity index (χ2n) is 5.72. The lowest BCUT2D eigenvalue weighted by Crippen LogP contribution is -2.30. The van der Waals surface area contributed by atoms with Crippen molar-refractivity contribution in [1.82, 2.24) is 10.2 Å². The molecule has 0 bridgehead atoms. The number of aromatic nitrogens is 2. The summed E-state index contributed by atoms with van der Waals surface area (Å²) in [6.45, 7) is 7.87. The van der Waals surface area contributed by atoms with Crippen molar-refractivity contribution in [1.29, 1.82) is 0 Å². The van der Waals surface area contributed by atoms with Crippen molar-refractivity contribution in [2.24, 2.45) is 0 Å². The van der Waals surface area contributed by atoms with Crippen LogP contribution in [0.4, 0.5) is 5.13 Å². The summed E-state index contributed by atoms with van der Waals surface area (Å²) < 4.78 is 5.57. The third kappa shape index (κ3) is 4.26. The van der Waals surface area contributed by atoms with E-state index in [0.29, 0.717) is 10.9 Å². The van der Waals surface area contributed by atoms with Crippen molar-refractivity contribution in [2.75, 3.05) is 5.32 Å². The van der Waals surface area contributed by atoms with Crippen LogP contribution in [-0.2, 0) is 10.2 Å². The lowest BCUT2D eigenvalue weighted by Gasteiger charge is -2.13. The monoisotopic (exact) mass is 305 g/mol. The molecule has 1 atom stereocenters. The molecule has 5 nitrogen and oxygen atoms in total. The molecule has 0 radical (unpaired) electrons. The Kier molecular flexibility index (Phi) is 4.57. The van der Waals surface area contributed by atoms with Crippen LogP contribution >= 0.6 is 11.3 Å². The molecule has 1 N–H and O–H groups in total. The van der Waals surface area contributed by atoms with E-state index in [9.17, 15) is 4.79 Å². The molecule has 1 unspecified atom stereocenters. The number of anilines is 1. The van der Waals surface area contributed by atoms with Gasteiger partial charge in [0.15, 0.2) is 6.10 Å². The molecule has 6 heteroatoms. The number of rotatable bonds is 4. The fourth-order valence-electron chi connectivity index (χ4n) is 1.54. The van der Waals surface area contributed by atoms with Gasteiger partial charge in [0.1, 0.15) is 10.8 Å². The first-order valence-electron chi connectivity index (χ1n) is 6.73. The summed E-state index contributed by atoms with van der Waals surface area (Å²) in [4.78, 5) is 12.1. The lowest BCUT2D eigenvalue weighted by molar-refractivity contribution is -0.122. The van der Waals surface area contributed by atoms with Crippen LogP contribution in [0.3, 0.4) is 0 Å². The van der Waals surface area contributed by atoms with Crippen LogP contribution in [0.2, 0.25) is 0 Å². The molecule has 1 aromatic carbocycles. The molecule has 112 valence electrons. The summed E-state index contributed by atoms with van der Waals surface area (Å²) in [5.74, 6) is 0.420. The second-order valence-corrected chi connectivity index (χ2v) is 6.70. The van der Waals surface area contributed by atoms with Crippen LogP contribution in [0.5, 0.6) is 5.75 Å². The van der Waals surface area contributed by atoms with Crippen molar-refractivity contribution in [2.45, 2.75) is 39.2 Å². The number of carbonyl (C=O) groups excluding carboxylic acids is 1. The van der Waals surface area contributed by atoms with E-state index >= 15 is 0 Å². The van der Waals surface area contributed by atoms with E-state index in [0.717, 1.165) is 5.01 Å². The highest BCUT2D eigenvalue weighted by atomic mass is 32.1. The maximum Gasteiger partial charge on any atom is 0.266 e. The summed E-state index contributed by atoms with van der Waals surface area (Å²) >= 11 is 1.38. The third-order valence-electron chi connectivity index (χ3n) is 2.72. The molecule has 0 fully saturated rings. The Balaban J connectivity index is 1.96. The number of hydrogen-bond donors (Lipinski definition) is 1. The smallest absolute Gasteiger partial charge is 0.266 e. The highest BCUT2D eigenvalue weighted by molar-refractivity contribution is 7.15. The zero-order valence-electron chi connectivity index (χ0n) is 12.6. The van der Waals surface area contributed by atoms with Gasteiger partial charge in [-0.1, -0.05) is 50.3 Å². The lowest BCUT2D eigenvalue weighted by atomic mass is 9.98. The summed E-state index contributed by atoms with van der Waals surface area (Å²) in [5, 5.41) is 12.2. The highest BCUT2D eigenvalue weighted by Crippen LogP contribution is 2.27. The molecule has 21 heavy (non-hydrogen) atoms. The molecular formula is C15H19N3O2S. The Morgan fingerprint density at radius 2 is 1.90 bits per heavy atom. The summed E-state index contributed by atoms with van der Waals surface area (Å²) in [7, 11) is 0. The Hall–Kier alpha value is -1.95. The molecule has 0 aliphatic heterocycles. The molecule has 0 saturated carbocycles. The standard InChI is InChI=1S/C15H19N3O2S/c1-10(20-11-8-6-5-7-9-11)12(19)16-14-18-17-13(21-14)15(2,3)4/h5-10H,1-4H3,(H,16,18,19). The maximum absolute atomic E-state index is 12.1. The van der Waals surface area contributed by atoms with Gasteiger partial charge in [-0.3, -0.25) is 10.1 Å². The van der Waals surface area contributed by atoms with E-state index in [-0.39, 0.29) is 11.3 Å². The minimum atomic E-state index is -0.602. The average Bonchev–Trinajstić information content (AvgIpc) is 2.88. The van der Waals surface area contributed by atoms with Gasteiger partial charge in [-0.25, -0.2) is 0 Å². The van der Waals surface area contributed by atoms with E-state index in [2.05, 4.69) is 36.3 Å². The van der Waals surface area contributed by atoms with Gasteiger partial charge in [0, 0.05) is 5.41 Å². The fourth-order valence-corrected chi connectivity index (χ4v) is 2.34. The first kappa shape index (κ1) is 15.4. The van der Waals surface area contributed by atoms with Crippen LogP contribution in [0.15, 0.2) is 30.3 Å². The predicted octanol–water partition coefficient (Wildman–Crippen LogP) is 3.24. The molecule has 0 spiro atoms. The zero-order chi connectivity index (χ0) is 15.5. The van der Waals surface area contributed by atoms with E-state index in [1.54, 1.807) is 6.92 Å². The Bertz CT molecular complexity index is 605. The molecule has 2 rings (SSSR count). The van der Waals surface area contributed by atoms with Gasteiger partial charge in [-0.05, 0) is 19.1 Å². The van der Waals surface area contributed by atoms with Crippen LogP contribution in [0.25, 0.3) is 0 Å². The molecule has 1 amide bonds. The highest BCUT2D eigenvalue weighted by Gasteiger charge is 2.21. The fraction of sp³-hybridized carbons (Fsp3) is 0.400. The Morgan fingerprint density at radius 1 is 1.24 bits per heavy atom. The number of para-hydroxylation sites is 1. The molecular weight excluding hydrogens is 286 g/mol. The van der Waals surface area contributed by atoms with Gasteiger partial charge < -0.3 is 4.74 Å². The summed E-state index contributed by atoms with van der Waals surface area (Å²) in [5.41, 5.74) is -0.0766. The van der Waals surface area contributed by atoms with E-state index in [1.165, 1.54) is 11.3 Å². The van der Waals surface area contributed by atoms with Crippen LogP contribution < -0.4 is 10.1 Å². The van der Waals surface area contributed by atoms with E-state index in [1.807, 2.05) is 30.3 Å². The van der Waals surface area contributed by atoms with Crippen LogP contribution in [0.1, 0.15) is 32.7 Å². The molecule has 0 aliphatic rings. The Labute approximate surface area is 128 Å². The van der Waals surface area contributed by atoms with Gasteiger partial charge in [0.05, 0.1) is 0 Å². The summed E-state index contributed by atoms with van der Waals surface area (Å²) in [6.07, 6.45) is -0.602.